The maximum atomic E-state index is 13.3. The molecule has 3 fully saturated rings. The third-order valence-corrected chi connectivity index (χ3v) is 8.64. The molecule has 0 unspecified atom stereocenters. The van der Waals surface area contributed by atoms with Gasteiger partial charge >= 0.3 is 5.97 Å². The molecule has 1 aromatic rings. The van der Waals surface area contributed by atoms with E-state index in [1.165, 1.54) is 18.4 Å². The monoisotopic (exact) mass is 500 g/mol. The average molecular weight is 501 g/mol. The Morgan fingerprint density at radius 1 is 0.889 bits per heavy atom. The van der Waals surface area contributed by atoms with E-state index in [-0.39, 0.29) is 24.9 Å². The molecule has 4 rings (SSSR count). The van der Waals surface area contributed by atoms with Gasteiger partial charge in [0.05, 0.1) is 11.5 Å². The van der Waals surface area contributed by atoms with Crippen LogP contribution in [-0.4, -0.2) is 76.9 Å². The summed E-state index contributed by atoms with van der Waals surface area (Å²) in [6, 6.07) is 10.4. The first-order chi connectivity index (χ1) is 17.4. The third kappa shape index (κ3) is 7.30. The Labute approximate surface area is 215 Å². The van der Waals surface area contributed by atoms with E-state index in [9.17, 15) is 19.8 Å². The minimum atomic E-state index is -1.14. The zero-order chi connectivity index (χ0) is 25.4. The lowest BCUT2D eigenvalue weighted by Crippen LogP contribution is -2.45. The van der Waals surface area contributed by atoms with Gasteiger partial charge in [0.2, 0.25) is 5.91 Å². The van der Waals surface area contributed by atoms with Gasteiger partial charge in [0.1, 0.15) is 12.7 Å². The SMILES string of the molecule is O=C(CC1CCCC1)N1CCCCC2(CCN(Cc3ccccc3)CC2)C(=O)OC[C@@H](O)[C@@H](O)CC1. The summed E-state index contributed by atoms with van der Waals surface area (Å²) in [4.78, 5) is 30.6. The summed E-state index contributed by atoms with van der Waals surface area (Å²) in [5, 5.41) is 21.0. The number of cyclic esters (lactones) is 1. The van der Waals surface area contributed by atoms with Crippen LogP contribution >= 0.6 is 0 Å². The normalized spacial score (nSPS) is 27.2. The predicted octanol–water partition coefficient (Wildman–Crippen LogP) is 3.52. The molecule has 1 aromatic carbocycles. The number of rotatable bonds is 4. The van der Waals surface area contributed by atoms with Crippen LogP contribution in [0.1, 0.15) is 76.2 Å². The summed E-state index contributed by atoms with van der Waals surface area (Å²) < 4.78 is 5.60. The highest BCUT2D eigenvalue weighted by molar-refractivity contribution is 5.77. The molecular weight excluding hydrogens is 456 g/mol. The zero-order valence-electron chi connectivity index (χ0n) is 21.7. The van der Waals surface area contributed by atoms with Gasteiger partial charge in [-0.05, 0) is 69.5 Å². The summed E-state index contributed by atoms with van der Waals surface area (Å²) in [5.74, 6) is 0.393. The highest BCUT2D eigenvalue weighted by Crippen LogP contribution is 2.39. The van der Waals surface area contributed by atoms with E-state index in [1.807, 2.05) is 11.0 Å². The van der Waals surface area contributed by atoms with Crippen LogP contribution in [0.2, 0.25) is 0 Å². The number of carbonyl (C=O) groups excluding carboxylic acids is 2. The van der Waals surface area contributed by atoms with E-state index >= 15 is 0 Å². The van der Waals surface area contributed by atoms with Crippen molar-refractivity contribution in [3.05, 3.63) is 35.9 Å². The third-order valence-electron chi connectivity index (χ3n) is 8.64. The molecule has 7 nitrogen and oxygen atoms in total. The summed E-state index contributed by atoms with van der Waals surface area (Å²) in [5.41, 5.74) is 0.704. The Morgan fingerprint density at radius 2 is 1.61 bits per heavy atom. The Balaban J connectivity index is 1.38. The molecule has 2 saturated heterocycles. The maximum Gasteiger partial charge on any atom is 0.312 e. The first-order valence-corrected chi connectivity index (χ1v) is 14.0. The largest absolute Gasteiger partial charge is 0.462 e. The molecule has 1 amide bonds. The van der Waals surface area contributed by atoms with E-state index in [0.29, 0.717) is 25.4 Å². The Hall–Kier alpha value is -1.96. The van der Waals surface area contributed by atoms with Crippen LogP contribution < -0.4 is 0 Å². The van der Waals surface area contributed by atoms with Gasteiger partial charge < -0.3 is 19.8 Å². The number of amides is 1. The van der Waals surface area contributed by atoms with Crippen LogP contribution in [0.25, 0.3) is 0 Å². The maximum absolute atomic E-state index is 13.3. The second-order valence-electron chi connectivity index (χ2n) is 11.3. The number of esters is 1. The number of ether oxygens (including phenoxy) is 1. The van der Waals surface area contributed by atoms with E-state index in [0.717, 1.165) is 64.6 Å². The fourth-order valence-electron chi connectivity index (χ4n) is 6.16. The standard InChI is InChI=1S/C29H44N2O5/c32-25-12-17-31(27(34)20-23-8-4-5-9-23)16-7-6-13-29(28(35)36-22-26(25)33)14-18-30(19-15-29)21-24-10-2-1-3-11-24/h1-3,10-11,23,25-26,32-33H,4-9,12-22H2/t25-,26+/m0/s1. The van der Waals surface area contributed by atoms with E-state index in [4.69, 9.17) is 4.74 Å². The minimum Gasteiger partial charge on any atom is -0.462 e. The smallest absolute Gasteiger partial charge is 0.312 e. The van der Waals surface area contributed by atoms with Gasteiger partial charge in [-0.3, -0.25) is 14.5 Å². The first kappa shape index (κ1) is 27.1. The fourth-order valence-corrected chi connectivity index (χ4v) is 6.16. The molecule has 1 aliphatic carbocycles. The second-order valence-corrected chi connectivity index (χ2v) is 11.3. The van der Waals surface area contributed by atoms with Gasteiger partial charge in [0.15, 0.2) is 0 Å². The van der Waals surface area contributed by atoms with Gasteiger partial charge in [-0.2, -0.15) is 0 Å². The van der Waals surface area contributed by atoms with Crippen LogP contribution in [0.5, 0.6) is 0 Å². The van der Waals surface area contributed by atoms with Gasteiger partial charge in [-0.25, -0.2) is 0 Å². The predicted molar refractivity (Wildman–Crippen MR) is 138 cm³/mol. The van der Waals surface area contributed by atoms with E-state index in [2.05, 4.69) is 29.2 Å². The van der Waals surface area contributed by atoms with Crippen molar-refractivity contribution in [3.8, 4) is 0 Å². The molecule has 2 atom stereocenters. The molecule has 2 N–H and O–H groups in total. The van der Waals surface area contributed by atoms with Gasteiger partial charge in [-0.15, -0.1) is 0 Å². The lowest BCUT2D eigenvalue weighted by molar-refractivity contribution is -0.165. The first-order valence-electron chi connectivity index (χ1n) is 14.0. The van der Waals surface area contributed by atoms with Crippen molar-refractivity contribution in [2.24, 2.45) is 11.3 Å². The van der Waals surface area contributed by atoms with Crippen LogP contribution in [0.15, 0.2) is 30.3 Å². The van der Waals surface area contributed by atoms with Gasteiger partial charge in [0, 0.05) is 26.1 Å². The summed E-state index contributed by atoms with van der Waals surface area (Å²) in [6.45, 7) is 3.37. The molecule has 0 bridgehead atoms. The van der Waals surface area contributed by atoms with Crippen LogP contribution in [-0.2, 0) is 20.9 Å². The molecule has 2 heterocycles. The number of hydrogen-bond donors (Lipinski definition) is 2. The van der Waals surface area contributed by atoms with Crippen LogP contribution in [0, 0.1) is 11.3 Å². The zero-order valence-corrected chi connectivity index (χ0v) is 21.7. The molecular formula is C29H44N2O5. The number of piperidine rings is 1. The fraction of sp³-hybridized carbons (Fsp3) is 0.724. The number of hydrogen-bond acceptors (Lipinski definition) is 6. The summed E-state index contributed by atoms with van der Waals surface area (Å²) in [6.07, 6.45) is 7.25. The van der Waals surface area contributed by atoms with Crippen molar-refractivity contribution in [1.82, 2.24) is 9.80 Å². The lowest BCUT2D eigenvalue weighted by Gasteiger charge is -2.40. The van der Waals surface area contributed by atoms with Crippen molar-refractivity contribution in [1.29, 1.82) is 0 Å². The van der Waals surface area contributed by atoms with Gasteiger partial charge in [-0.1, -0.05) is 49.6 Å². The molecule has 200 valence electrons. The molecule has 2 aliphatic heterocycles. The number of carbonyl (C=O) groups is 2. The van der Waals surface area contributed by atoms with Crippen molar-refractivity contribution < 1.29 is 24.5 Å². The second kappa shape index (κ2) is 13.0. The number of aliphatic hydroxyl groups is 2. The van der Waals surface area contributed by atoms with Crippen molar-refractivity contribution in [2.45, 2.75) is 89.4 Å². The molecule has 1 saturated carbocycles. The summed E-state index contributed by atoms with van der Waals surface area (Å²) in [7, 11) is 0. The van der Waals surface area contributed by atoms with Gasteiger partial charge in [0.25, 0.3) is 0 Å². The molecule has 0 aromatic heterocycles. The average Bonchev–Trinajstić information content (AvgIpc) is 3.40. The Bertz CT molecular complexity index is 833. The number of likely N-dealkylation sites (tertiary alicyclic amines) is 1. The highest BCUT2D eigenvalue weighted by atomic mass is 16.5. The van der Waals surface area contributed by atoms with Crippen LogP contribution in [0.4, 0.5) is 0 Å². The Kier molecular flexibility index (Phi) is 9.80. The molecule has 0 radical (unpaired) electrons. The number of nitrogens with zero attached hydrogens (tertiary/aromatic N) is 2. The molecule has 7 heteroatoms. The van der Waals surface area contributed by atoms with Crippen LogP contribution in [0.3, 0.4) is 0 Å². The molecule has 3 aliphatic rings. The summed E-state index contributed by atoms with van der Waals surface area (Å²) >= 11 is 0. The van der Waals surface area contributed by atoms with Crippen molar-refractivity contribution in [2.75, 3.05) is 32.8 Å². The molecule has 36 heavy (non-hydrogen) atoms. The van der Waals surface area contributed by atoms with E-state index in [1.54, 1.807) is 0 Å². The topological polar surface area (TPSA) is 90.3 Å². The highest BCUT2D eigenvalue weighted by Gasteiger charge is 2.42. The molecule has 1 spiro atoms. The number of aliphatic hydroxyl groups excluding tert-OH is 2. The Morgan fingerprint density at radius 3 is 2.33 bits per heavy atom. The van der Waals surface area contributed by atoms with Crippen molar-refractivity contribution in [3.63, 3.8) is 0 Å². The van der Waals surface area contributed by atoms with Crippen molar-refractivity contribution >= 4 is 11.9 Å². The lowest BCUT2D eigenvalue weighted by atomic mass is 9.74. The minimum absolute atomic E-state index is 0.162. The number of benzene rings is 1. The quantitative estimate of drug-likeness (QED) is 0.615. The van der Waals surface area contributed by atoms with E-state index < -0.39 is 17.6 Å².